The highest BCUT2D eigenvalue weighted by Crippen LogP contribution is 2.14. The molecule has 2 atom stereocenters. The molecular weight excluding hydrogens is 182 g/mol. The van der Waals surface area contributed by atoms with E-state index in [4.69, 9.17) is 17.3 Å². The Morgan fingerprint density at radius 2 is 1.85 bits per heavy atom. The first-order chi connectivity index (χ1) is 6.22. The minimum absolute atomic E-state index is 0.384. The van der Waals surface area contributed by atoms with Crippen LogP contribution in [0.3, 0.4) is 0 Å². The van der Waals surface area contributed by atoms with Crippen LogP contribution in [0.1, 0.15) is 52.4 Å². The summed E-state index contributed by atoms with van der Waals surface area (Å²) in [6, 6.07) is 0.384. The van der Waals surface area contributed by atoms with E-state index >= 15 is 0 Å². The maximum atomic E-state index is 6.06. The molecule has 2 N–H and O–H groups in total. The van der Waals surface area contributed by atoms with Gasteiger partial charge in [0, 0.05) is 11.9 Å². The predicted molar refractivity (Wildman–Crippen MR) is 61.2 cm³/mol. The fourth-order valence-electron chi connectivity index (χ4n) is 1.53. The van der Waals surface area contributed by atoms with Gasteiger partial charge < -0.3 is 5.73 Å². The zero-order valence-electron chi connectivity index (χ0n) is 9.06. The molecule has 0 amide bonds. The lowest BCUT2D eigenvalue weighted by Gasteiger charge is -2.19. The van der Waals surface area contributed by atoms with Gasteiger partial charge in [0.1, 0.15) is 0 Å². The molecule has 0 aromatic rings. The van der Waals surface area contributed by atoms with Crippen molar-refractivity contribution in [2.24, 2.45) is 11.7 Å². The van der Waals surface area contributed by atoms with Crippen LogP contribution in [0.25, 0.3) is 0 Å². The van der Waals surface area contributed by atoms with E-state index in [1.54, 1.807) is 0 Å². The fraction of sp³-hybridized carbons (Fsp3) is 1.00. The Balaban J connectivity index is 3.38. The molecule has 0 bridgehead atoms. The van der Waals surface area contributed by atoms with Gasteiger partial charge in [-0.2, -0.15) is 0 Å². The van der Waals surface area contributed by atoms with E-state index in [0.717, 1.165) is 12.3 Å². The van der Waals surface area contributed by atoms with E-state index in [1.807, 2.05) is 0 Å². The van der Waals surface area contributed by atoms with Gasteiger partial charge in [0.25, 0.3) is 0 Å². The van der Waals surface area contributed by atoms with E-state index in [1.165, 1.54) is 32.1 Å². The molecule has 0 aromatic heterocycles. The molecule has 0 radical (unpaired) electrons. The van der Waals surface area contributed by atoms with Crippen LogP contribution < -0.4 is 5.73 Å². The summed E-state index contributed by atoms with van der Waals surface area (Å²) in [5, 5.41) is 0. The highest BCUT2D eigenvalue weighted by atomic mass is 35.5. The molecule has 0 aliphatic carbocycles. The van der Waals surface area contributed by atoms with Crippen LogP contribution in [0.15, 0.2) is 0 Å². The average molecular weight is 206 g/mol. The lowest BCUT2D eigenvalue weighted by molar-refractivity contribution is 0.391. The smallest absolute Gasteiger partial charge is 0.0223 e. The summed E-state index contributed by atoms with van der Waals surface area (Å²) in [5.74, 6) is 1.40. The van der Waals surface area contributed by atoms with Crippen molar-refractivity contribution in [3.8, 4) is 0 Å². The van der Waals surface area contributed by atoms with E-state index in [-0.39, 0.29) is 0 Å². The van der Waals surface area contributed by atoms with Crippen molar-refractivity contribution in [3.05, 3.63) is 0 Å². The number of hydrogen-bond donors (Lipinski definition) is 1. The third kappa shape index (κ3) is 7.33. The summed E-state index contributed by atoms with van der Waals surface area (Å²) >= 11 is 5.64. The summed E-state index contributed by atoms with van der Waals surface area (Å²) in [4.78, 5) is 0. The third-order valence-electron chi connectivity index (χ3n) is 2.67. The number of rotatable bonds is 8. The van der Waals surface area contributed by atoms with Gasteiger partial charge in [0.2, 0.25) is 0 Å². The molecule has 0 rings (SSSR count). The molecule has 0 aliphatic heterocycles. The molecule has 0 fully saturated rings. The minimum Gasteiger partial charge on any atom is -0.327 e. The van der Waals surface area contributed by atoms with Crippen molar-refractivity contribution in [3.63, 3.8) is 0 Å². The fourth-order valence-corrected chi connectivity index (χ4v) is 1.68. The minimum atomic E-state index is 0.384. The third-order valence-corrected chi connectivity index (χ3v) is 2.93. The highest BCUT2D eigenvalue weighted by Gasteiger charge is 2.11. The van der Waals surface area contributed by atoms with Crippen molar-refractivity contribution in [1.29, 1.82) is 0 Å². The summed E-state index contributed by atoms with van der Waals surface area (Å²) in [6.45, 7) is 4.46. The van der Waals surface area contributed by atoms with Gasteiger partial charge in [-0.3, -0.25) is 0 Å². The van der Waals surface area contributed by atoms with Crippen LogP contribution in [-0.4, -0.2) is 11.9 Å². The van der Waals surface area contributed by atoms with Gasteiger partial charge in [-0.15, -0.1) is 11.6 Å². The lowest BCUT2D eigenvalue weighted by atomic mass is 9.93. The Labute approximate surface area is 88.0 Å². The molecule has 0 spiro atoms. The molecule has 0 saturated carbocycles. The van der Waals surface area contributed by atoms with Crippen LogP contribution in [0.2, 0.25) is 0 Å². The van der Waals surface area contributed by atoms with Crippen LogP contribution in [0, 0.1) is 5.92 Å². The Bertz CT molecular complexity index is 106. The molecule has 13 heavy (non-hydrogen) atoms. The topological polar surface area (TPSA) is 26.0 Å². The van der Waals surface area contributed by atoms with Crippen LogP contribution >= 0.6 is 11.6 Å². The second-order valence-electron chi connectivity index (χ2n) is 3.97. The van der Waals surface area contributed by atoms with Crippen LogP contribution in [0.4, 0.5) is 0 Å². The second kappa shape index (κ2) is 8.83. The van der Waals surface area contributed by atoms with E-state index in [9.17, 15) is 0 Å². The zero-order chi connectivity index (χ0) is 10.1. The number of halogens is 1. The van der Waals surface area contributed by atoms with Crippen molar-refractivity contribution >= 4 is 11.6 Å². The first-order valence-corrected chi connectivity index (χ1v) is 6.07. The lowest BCUT2D eigenvalue weighted by Crippen LogP contribution is -2.28. The molecule has 0 saturated heterocycles. The molecule has 2 heteroatoms. The van der Waals surface area contributed by atoms with Crippen molar-refractivity contribution < 1.29 is 0 Å². The van der Waals surface area contributed by atoms with Gasteiger partial charge in [-0.25, -0.2) is 0 Å². The quantitative estimate of drug-likeness (QED) is 0.476. The van der Waals surface area contributed by atoms with Crippen LogP contribution in [0.5, 0.6) is 0 Å². The summed E-state index contributed by atoms with van der Waals surface area (Å²) < 4.78 is 0. The number of hydrogen-bond acceptors (Lipinski definition) is 1. The number of nitrogens with two attached hydrogens (primary N) is 1. The van der Waals surface area contributed by atoms with E-state index in [0.29, 0.717) is 12.0 Å². The summed E-state index contributed by atoms with van der Waals surface area (Å²) in [6.07, 6.45) is 7.33. The monoisotopic (exact) mass is 205 g/mol. The largest absolute Gasteiger partial charge is 0.327 e. The highest BCUT2D eigenvalue weighted by molar-refractivity contribution is 6.17. The van der Waals surface area contributed by atoms with Crippen molar-refractivity contribution in [1.82, 2.24) is 0 Å². The summed E-state index contributed by atoms with van der Waals surface area (Å²) in [5.41, 5.74) is 6.06. The Morgan fingerprint density at radius 1 is 1.15 bits per heavy atom. The molecular formula is C11H24ClN. The van der Waals surface area contributed by atoms with E-state index < -0.39 is 0 Å². The first kappa shape index (κ1) is 13.2. The Kier molecular flexibility index (Phi) is 9.00. The normalized spacial score (nSPS) is 15.7. The van der Waals surface area contributed by atoms with Gasteiger partial charge in [-0.1, -0.05) is 33.1 Å². The Hall–Kier alpha value is 0.250. The van der Waals surface area contributed by atoms with Gasteiger partial charge >= 0.3 is 0 Å². The Morgan fingerprint density at radius 3 is 2.38 bits per heavy atom. The number of unbranched alkanes of at least 4 members (excludes halogenated alkanes) is 2. The number of alkyl halides is 1. The van der Waals surface area contributed by atoms with Gasteiger partial charge in [0.05, 0.1) is 0 Å². The second-order valence-corrected chi connectivity index (χ2v) is 4.35. The van der Waals surface area contributed by atoms with Gasteiger partial charge in [-0.05, 0) is 25.2 Å². The predicted octanol–water partition coefficient (Wildman–Crippen LogP) is 3.55. The standard InChI is InChI=1S/C11H24ClN/c1-3-4-5-8-11(13)10(2)7-6-9-12/h10-11H,3-9,13H2,1-2H3. The van der Waals surface area contributed by atoms with Crippen LogP contribution in [-0.2, 0) is 0 Å². The zero-order valence-corrected chi connectivity index (χ0v) is 9.82. The molecule has 80 valence electrons. The molecule has 2 unspecified atom stereocenters. The molecule has 0 aliphatic rings. The van der Waals surface area contributed by atoms with E-state index in [2.05, 4.69) is 13.8 Å². The maximum absolute atomic E-state index is 6.06. The van der Waals surface area contributed by atoms with Crippen molar-refractivity contribution in [2.75, 3.05) is 5.88 Å². The maximum Gasteiger partial charge on any atom is 0.0223 e. The molecule has 0 heterocycles. The molecule has 0 aromatic carbocycles. The molecule has 1 nitrogen and oxygen atoms in total. The average Bonchev–Trinajstić information content (AvgIpc) is 2.14. The van der Waals surface area contributed by atoms with Gasteiger partial charge in [0.15, 0.2) is 0 Å². The first-order valence-electron chi connectivity index (χ1n) is 5.53. The summed E-state index contributed by atoms with van der Waals surface area (Å²) in [7, 11) is 0. The van der Waals surface area contributed by atoms with Crippen molar-refractivity contribution in [2.45, 2.75) is 58.4 Å². The SMILES string of the molecule is CCCCCC(N)C(C)CCCCl.